The molecule has 0 saturated carbocycles. The minimum Gasteiger partial charge on any atom is -0.382 e. The van der Waals surface area contributed by atoms with Gasteiger partial charge in [0.2, 0.25) is 0 Å². The minimum absolute atomic E-state index is 0.396. The van der Waals surface area contributed by atoms with Crippen LogP contribution in [0, 0.1) is 5.92 Å². The van der Waals surface area contributed by atoms with Crippen LogP contribution in [-0.2, 0) is 0 Å². The maximum Gasteiger partial charge on any atom is 0.171 e. The molecule has 0 aliphatic heterocycles. The van der Waals surface area contributed by atoms with Crippen molar-refractivity contribution < 1.29 is 0 Å². The van der Waals surface area contributed by atoms with Crippen LogP contribution in [0.15, 0.2) is 82.8 Å². The maximum absolute atomic E-state index is 4.75. The highest BCUT2D eigenvalue weighted by atomic mass is 32.2. The Morgan fingerprint density at radius 3 is 2.43 bits per heavy atom. The van der Waals surface area contributed by atoms with Crippen molar-refractivity contribution in [3.63, 3.8) is 0 Å². The van der Waals surface area contributed by atoms with E-state index in [1.807, 2.05) is 36.4 Å². The molecule has 0 amide bonds. The van der Waals surface area contributed by atoms with Crippen LogP contribution < -0.4 is 10.6 Å². The van der Waals surface area contributed by atoms with Crippen LogP contribution in [0.25, 0.3) is 11.0 Å². The minimum atomic E-state index is 0.396. The summed E-state index contributed by atoms with van der Waals surface area (Å²) >= 11 is 1.66. The van der Waals surface area contributed by atoms with E-state index in [0.29, 0.717) is 12.0 Å². The molecule has 4 rings (SSSR count). The predicted molar refractivity (Wildman–Crippen MR) is 129 cm³/mol. The van der Waals surface area contributed by atoms with E-state index in [-0.39, 0.29) is 0 Å². The van der Waals surface area contributed by atoms with Gasteiger partial charge in [-0.25, -0.2) is 4.98 Å². The van der Waals surface area contributed by atoms with Crippen LogP contribution in [-0.4, -0.2) is 16.0 Å². The Hall–Kier alpha value is -2.92. The van der Waals surface area contributed by atoms with Gasteiger partial charge in [-0.1, -0.05) is 44.2 Å². The molecule has 4 nitrogen and oxygen atoms in total. The van der Waals surface area contributed by atoms with Crippen molar-refractivity contribution in [2.45, 2.75) is 43.3 Å². The lowest BCUT2D eigenvalue weighted by Gasteiger charge is -2.20. The number of H-pyrrole nitrogens is 1. The highest BCUT2D eigenvalue weighted by molar-refractivity contribution is 7.99. The van der Waals surface area contributed by atoms with Crippen LogP contribution in [0.5, 0.6) is 0 Å². The van der Waals surface area contributed by atoms with Gasteiger partial charge >= 0.3 is 0 Å². The molecule has 3 N–H and O–H groups in total. The summed E-state index contributed by atoms with van der Waals surface area (Å²) in [4.78, 5) is 9.32. The molecule has 0 saturated heterocycles. The number of nitrogens with one attached hydrogen (secondary N) is 3. The number of aromatic nitrogens is 2. The Morgan fingerprint density at radius 1 is 0.900 bits per heavy atom. The molecule has 1 aromatic heterocycles. The van der Waals surface area contributed by atoms with Gasteiger partial charge in [-0.2, -0.15) is 0 Å². The van der Waals surface area contributed by atoms with E-state index in [1.54, 1.807) is 11.8 Å². The summed E-state index contributed by atoms with van der Waals surface area (Å²) in [6.45, 7) is 6.76. The van der Waals surface area contributed by atoms with Crippen molar-refractivity contribution in [1.29, 1.82) is 0 Å². The first kappa shape index (κ1) is 20.4. The highest BCUT2D eigenvalue weighted by Crippen LogP contribution is 2.36. The molecule has 5 heteroatoms. The molecule has 1 heterocycles. The van der Waals surface area contributed by atoms with Crippen LogP contribution in [0.3, 0.4) is 0 Å². The number of rotatable bonds is 8. The van der Waals surface area contributed by atoms with Crippen molar-refractivity contribution in [2.75, 3.05) is 10.6 Å². The lowest BCUT2D eigenvalue weighted by Crippen LogP contribution is -2.17. The van der Waals surface area contributed by atoms with E-state index in [2.05, 4.69) is 72.8 Å². The maximum atomic E-state index is 4.75. The number of anilines is 3. The summed E-state index contributed by atoms with van der Waals surface area (Å²) in [5, 5.41) is 8.09. The first-order valence-electron chi connectivity index (χ1n) is 10.4. The Kier molecular flexibility index (Phi) is 6.29. The Labute approximate surface area is 182 Å². The van der Waals surface area contributed by atoms with Gasteiger partial charge in [0.25, 0.3) is 0 Å². The number of benzene rings is 3. The van der Waals surface area contributed by atoms with Crippen LogP contribution in [0.1, 0.15) is 27.2 Å². The third kappa shape index (κ3) is 5.16. The lowest BCUT2D eigenvalue weighted by molar-refractivity contribution is 0.539. The third-order valence-corrected chi connectivity index (χ3v) is 5.79. The second-order valence-corrected chi connectivity index (χ2v) is 9.07. The Morgan fingerprint density at radius 2 is 1.67 bits per heavy atom. The lowest BCUT2D eigenvalue weighted by atomic mass is 10.1. The zero-order valence-corrected chi connectivity index (χ0v) is 18.5. The fourth-order valence-corrected chi connectivity index (χ4v) is 4.54. The summed E-state index contributed by atoms with van der Waals surface area (Å²) in [7, 11) is 0. The number of nitrogens with zero attached hydrogens (tertiary/aromatic N) is 1. The predicted octanol–water partition coefficient (Wildman–Crippen LogP) is 7.30. The number of aromatic amines is 1. The summed E-state index contributed by atoms with van der Waals surface area (Å²) < 4.78 is 0. The van der Waals surface area contributed by atoms with E-state index < -0.39 is 0 Å². The quantitative estimate of drug-likeness (QED) is 0.282. The van der Waals surface area contributed by atoms with E-state index >= 15 is 0 Å². The second-order valence-electron chi connectivity index (χ2n) is 8.04. The molecule has 0 spiro atoms. The summed E-state index contributed by atoms with van der Waals surface area (Å²) in [5.41, 5.74) is 5.31. The van der Waals surface area contributed by atoms with Gasteiger partial charge in [0.05, 0.1) is 11.0 Å². The molecule has 1 unspecified atom stereocenters. The molecule has 0 aliphatic rings. The van der Waals surface area contributed by atoms with Crippen molar-refractivity contribution in [3.8, 4) is 0 Å². The summed E-state index contributed by atoms with van der Waals surface area (Å²) in [6.07, 6.45) is 1.12. The Bertz CT molecular complexity index is 1070. The zero-order valence-electron chi connectivity index (χ0n) is 17.6. The Balaban J connectivity index is 1.63. The van der Waals surface area contributed by atoms with Crippen LogP contribution in [0.4, 0.5) is 17.1 Å². The number of fused-ring (bicyclic) bond motifs is 1. The van der Waals surface area contributed by atoms with E-state index in [0.717, 1.165) is 44.6 Å². The molecule has 0 bridgehead atoms. The molecule has 30 heavy (non-hydrogen) atoms. The SMILES string of the molecule is CC(C)CC(C)Nc1ccc(Nc2ccccc2)cc1Sc1nc2ccccc2[nH]1. The van der Waals surface area contributed by atoms with Crippen molar-refractivity contribution in [2.24, 2.45) is 5.92 Å². The number of imidazole rings is 1. The number of para-hydroxylation sites is 3. The van der Waals surface area contributed by atoms with Gasteiger partial charge in [-0.15, -0.1) is 0 Å². The standard InChI is InChI=1S/C25H28N4S/c1-17(2)15-18(3)26-23-14-13-20(27-19-9-5-4-6-10-19)16-24(23)30-25-28-21-11-7-8-12-22(21)29-25/h4-14,16-18,26-27H,15H2,1-3H3,(H,28,29). The molecule has 1 atom stereocenters. The van der Waals surface area contributed by atoms with Crippen molar-refractivity contribution in [1.82, 2.24) is 9.97 Å². The molecule has 3 aromatic carbocycles. The molecular formula is C25H28N4S. The van der Waals surface area contributed by atoms with Crippen molar-refractivity contribution >= 4 is 39.9 Å². The summed E-state index contributed by atoms with van der Waals surface area (Å²) in [5.74, 6) is 0.651. The zero-order chi connectivity index (χ0) is 20.9. The van der Waals surface area contributed by atoms with Gasteiger partial charge in [-0.3, -0.25) is 0 Å². The molecule has 154 valence electrons. The van der Waals surface area contributed by atoms with Crippen LogP contribution in [0.2, 0.25) is 0 Å². The van der Waals surface area contributed by atoms with Gasteiger partial charge < -0.3 is 15.6 Å². The number of hydrogen-bond acceptors (Lipinski definition) is 4. The number of hydrogen-bond donors (Lipinski definition) is 3. The fourth-order valence-electron chi connectivity index (χ4n) is 3.61. The van der Waals surface area contributed by atoms with Gasteiger partial charge in [0.1, 0.15) is 0 Å². The normalized spacial score (nSPS) is 12.3. The monoisotopic (exact) mass is 416 g/mol. The average molecular weight is 417 g/mol. The van der Waals surface area contributed by atoms with E-state index in [4.69, 9.17) is 4.98 Å². The van der Waals surface area contributed by atoms with Crippen LogP contribution >= 0.6 is 11.8 Å². The second kappa shape index (κ2) is 9.26. The van der Waals surface area contributed by atoms with E-state index in [9.17, 15) is 0 Å². The topological polar surface area (TPSA) is 52.7 Å². The van der Waals surface area contributed by atoms with Gasteiger partial charge in [0.15, 0.2) is 5.16 Å². The molecule has 0 aliphatic carbocycles. The molecule has 0 fully saturated rings. The van der Waals surface area contributed by atoms with E-state index in [1.165, 1.54) is 0 Å². The summed E-state index contributed by atoms with van der Waals surface area (Å²) in [6, 6.07) is 25.3. The molecule has 0 radical (unpaired) electrons. The van der Waals surface area contributed by atoms with Crippen molar-refractivity contribution in [3.05, 3.63) is 72.8 Å². The fraction of sp³-hybridized carbons (Fsp3) is 0.240. The third-order valence-electron chi connectivity index (χ3n) is 4.85. The van der Waals surface area contributed by atoms with Gasteiger partial charge in [0, 0.05) is 28.0 Å². The first-order valence-corrected chi connectivity index (χ1v) is 11.2. The largest absolute Gasteiger partial charge is 0.382 e. The molecular weight excluding hydrogens is 388 g/mol. The molecule has 4 aromatic rings. The first-order chi connectivity index (χ1) is 14.6. The average Bonchev–Trinajstić information content (AvgIpc) is 3.12. The highest BCUT2D eigenvalue weighted by Gasteiger charge is 2.13. The van der Waals surface area contributed by atoms with Gasteiger partial charge in [-0.05, 0) is 73.5 Å². The smallest absolute Gasteiger partial charge is 0.171 e.